The number of benzene rings is 11. The summed E-state index contributed by atoms with van der Waals surface area (Å²) in [4.78, 5) is 2.37. The highest BCUT2D eigenvalue weighted by molar-refractivity contribution is 6.14. The van der Waals surface area contributed by atoms with Crippen molar-refractivity contribution in [1.29, 1.82) is 0 Å². The van der Waals surface area contributed by atoms with Crippen molar-refractivity contribution in [2.75, 3.05) is 4.90 Å². The minimum Gasteiger partial charge on any atom is -0.455 e. The molecule has 2 heteroatoms. The molecule has 0 saturated carbocycles. The van der Waals surface area contributed by atoms with Crippen LogP contribution >= 0.6 is 0 Å². The van der Waals surface area contributed by atoms with Crippen molar-refractivity contribution in [1.82, 2.24) is 0 Å². The fourth-order valence-electron chi connectivity index (χ4n) is 9.51. The number of nitrogens with zero attached hydrogens (tertiary/aromatic N) is 1. The number of hydrogen-bond donors (Lipinski definition) is 0. The Hall–Kier alpha value is -8.46. The summed E-state index contributed by atoms with van der Waals surface area (Å²) in [5, 5.41) is 8.63. The lowest BCUT2D eigenvalue weighted by atomic mass is 9.93. The van der Waals surface area contributed by atoms with Crippen molar-refractivity contribution in [2.24, 2.45) is 0 Å². The normalized spacial score (nSPS) is 11.4. The zero-order valence-electron chi connectivity index (χ0n) is 35.0. The van der Waals surface area contributed by atoms with Crippen molar-refractivity contribution >= 4 is 60.3 Å². The van der Waals surface area contributed by atoms with Crippen molar-refractivity contribution in [3.63, 3.8) is 0 Å². The average molecular weight is 816 g/mol. The van der Waals surface area contributed by atoms with Crippen LogP contribution in [0.4, 0.5) is 17.1 Å². The molecule has 0 aliphatic rings. The molecule has 0 N–H and O–H groups in total. The Balaban J connectivity index is 0.945. The number of rotatable bonds is 8. The quantitative estimate of drug-likeness (QED) is 0.142. The lowest BCUT2D eigenvalue weighted by molar-refractivity contribution is 0.632. The molecule has 0 fully saturated rings. The highest BCUT2D eigenvalue weighted by Gasteiger charge is 2.19. The fourth-order valence-corrected chi connectivity index (χ4v) is 9.51. The van der Waals surface area contributed by atoms with Crippen molar-refractivity contribution in [3.8, 4) is 55.8 Å². The van der Waals surface area contributed by atoms with E-state index in [1.807, 2.05) is 6.07 Å². The lowest BCUT2D eigenvalue weighted by Gasteiger charge is -2.26. The van der Waals surface area contributed by atoms with Gasteiger partial charge in [0.15, 0.2) is 0 Å². The first-order valence-corrected chi connectivity index (χ1v) is 21.9. The summed E-state index contributed by atoms with van der Waals surface area (Å²) < 4.78 is 6.61. The first-order valence-electron chi connectivity index (χ1n) is 21.9. The molecule has 0 bridgehead atoms. The summed E-state index contributed by atoms with van der Waals surface area (Å²) in [6.07, 6.45) is 0. The molecule has 11 aromatic carbocycles. The Labute approximate surface area is 372 Å². The second kappa shape index (κ2) is 15.8. The fraction of sp³-hybridized carbons (Fsp3) is 0. The maximum Gasteiger partial charge on any atom is 0.143 e. The summed E-state index contributed by atoms with van der Waals surface area (Å²) in [6, 6.07) is 89.6. The Morgan fingerprint density at radius 1 is 0.266 bits per heavy atom. The van der Waals surface area contributed by atoms with Crippen LogP contribution < -0.4 is 4.90 Å². The second-order valence-electron chi connectivity index (χ2n) is 16.5. The number of furan rings is 1. The van der Waals surface area contributed by atoms with Gasteiger partial charge in [0.2, 0.25) is 0 Å². The number of para-hydroxylation sites is 1. The van der Waals surface area contributed by atoms with Crippen LogP contribution in [0.5, 0.6) is 0 Å². The van der Waals surface area contributed by atoms with E-state index in [1.54, 1.807) is 0 Å². The molecule has 64 heavy (non-hydrogen) atoms. The average Bonchev–Trinajstić information content (AvgIpc) is 3.77. The van der Waals surface area contributed by atoms with Gasteiger partial charge in [-0.3, -0.25) is 0 Å². The molecule has 0 atom stereocenters. The van der Waals surface area contributed by atoms with Gasteiger partial charge < -0.3 is 9.32 Å². The number of hydrogen-bond acceptors (Lipinski definition) is 2. The van der Waals surface area contributed by atoms with E-state index in [9.17, 15) is 0 Å². The van der Waals surface area contributed by atoms with Crippen molar-refractivity contribution in [3.05, 3.63) is 249 Å². The summed E-state index contributed by atoms with van der Waals surface area (Å²) in [7, 11) is 0. The van der Waals surface area contributed by atoms with Crippen LogP contribution in [0, 0.1) is 0 Å². The molecule has 12 aromatic rings. The van der Waals surface area contributed by atoms with Gasteiger partial charge in [-0.25, -0.2) is 0 Å². The van der Waals surface area contributed by atoms with Gasteiger partial charge in [-0.05, 0) is 132 Å². The minimum atomic E-state index is 0.878. The van der Waals surface area contributed by atoms with E-state index in [1.165, 1.54) is 54.6 Å². The van der Waals surface area contributed by atoms with Gasteiger partial charge in [-0.1, -0.05) is 188 Å². The first-order chi connectivity index (χ1) is 31.7. The summed E-state index contributed by atoms with van der Waals surface area (Å²) in [5.74, 6) is 0.878. The van der Waals surface area contributed by atoms with Crippen molar-refractivity contribution < 1.29 is 4.42 Å². The molecule has 12 rings (SSSR count). The molecule has 1 heterocycles. The zero-order valence-corrected chi connectivity index (χ0v) is 35.0. The van der Waals surface area contributed by atoms with Crippen LogP contribution in [0.15, 0.2) is 253 Å². The van der Waals surface area contributed by atoms with Crippen LogP contribution in [-0.4, -0.2) is 0 Å². The van der Waals surface area contributed by atoms with E-state index < -0.39 is 0 Å². The summed E-state index contributed by atoms with van der Waals surface area (Å²) >= 11 is 0. The van der Waals surface area contributed by atoms with Gasteiger partial charge in [0.1, 0.15) is 11.3 Å². The summed E-state index contributed by atoms with van der Waals surface area (Å²) in [5.41, 5.74) is 14.5. The van der Waals surface area contributed by atoms with Crippen LogP contribution in [-0.2, 0) is 0 Å². The number of anilines is 3. The molecule has 1 aromatic heterocycles. The smallest absolute Gasteiger partial charge is 0.143 e. The Kier molecular flexibility index (Phi) is 9.20. The third-order valence-corrected chi connectivity index (χ3v) is 12.6. The lowest BCUT2D eigenvalue weighted by Crippen LogP contribution is -2.10. The molecule has 0 saturated heterocycles. The van der Waals surface area contributed by atoms with E-state index in [4.69, 9.17) is 4.42 Å². The van der Waals surface area contributed by atoms with E-state index in [-0.39, 0.29) is 0 Å². The molecule has 2 nitrogen and oxygen atoms in total. The largest absolute Gasteiger partial charge is 0.455 e. The Morgan fingerprint density at radius 2 is 0.812 bits per heavy atom. The predicted molar refractivity (Wildman–Crippen MR) is 271 cm³/mol. The highest BCUT2D eigenvalue weighted by atomic mass is 16.3. The molecule has 0 aliphatic carbocycles. The SMILES string of the molecule is c1ccc(-c2c(-c3cccc(-c4ccc(N(c5ccc(-c6cc7ccccc7c7ccccc67)cc5)c5cccc(-c6ccc7ccccc7c6)c5)cc4)c3)oc3ccccc23)cc1. The van der Waals surface area contributed by atoms with Crippen LogP contribution in [0.25, 0.3) is 99.1 Å². The van der Waals surface area contributed by atoms with Gasteiger partial charge in [0, 0.05) is 33.6 Å². The zero-order chi connectivity index (χ0) is 42.4. The predicted octanol–water partition coefficient (Wildman–Crippen LogP) is 17.7. The highest BCUT2D eigenvalue weighted by Crippen LogP contribution is 2.43. The molecular formula is C62H41NO. The second-order valence-corrected chi connectivity index (χ2v) is 16.5. The van der Waals surface area contributed by atoms with Crippen LogP contribution in [0.1, 0.15) is 0 Å². The minimum absolute atomic E-state index is 0.878. The topological polar surface area (TPSA) is 16.4 Å². The van der Waals surface area contributed by atoms with Gasteiger partial charge in [-0.15, -0.1) is 0 Å². The van der Waals surface area contributed by atoms with Gasteiger partial charge in [0.25, 0.3) is 0 Å². The monoisotopic (exact) mass is 815 g/mol. The molecule has 0 aliphatic heterocycles. The number of fused-ring (bicyclic) bond motifs is 5. The molecule has 0 amide bonds. The van der Waals surface area contributed by atoms with Gasteiger partial charge >= 0.3 is 0 Å². The molecule has 0 unspecified atom stereocenters. The summed E-state index contributed by atoms with van der Waals surface area (Å²) in [6.45, 7) is 0. The molecule has 0 spiro atoms. The van der Waals surface area contributed by atoms with E-state index in [0.717, 1.165) is 61.6 Å². The third-order valence-electron chi connectivity index (χ3n) is 12.6. The van der Waals surface area contributed by atoms with Crippen LogP contribution in [0.2, 0.25) is 0 Å². The standard InChI is InChI=1S/C62H41NO/c1-2-15-45(16-3-1)61-58-26-10-11-27-60(58)64-62(61)51-21-12-19-47(39-51)43-30-34-52(35-31-43)63(54-22-13-20-48(40-54)49-29-28-42-14-4-5-17-46(42)38-49)53-36-32-44(33-37-53)59-41-50-18-6-7-23-55(50)56-24-8-9-25-57(56)59/h1-41H. The maximum absolute atomic E-state index is 6.61. The third kappa shape index (κ3) is 6.70. The van der Waals surface area contributed by atoms with Gasteiger partial charge in [-0.2, -0.15) is 0 Å². The molecule has 300 valence electrons. The first kappa shape index (κ1) is 37.3. The maximum atomic E-state index is 6.61. The Bertz CT molecular complexity index is 3660. The van der Waals surface area contributed by atoms with E-state index in [2.05, 4.69) is 248 Å². The van der Waals surface area contributed by atoms with Gasteiger partial charge in [0.05, 0.1) is 0 Å². The van der Waals surface area contributed by atoms with Crippen LogP contribution in [0.3, 0.4) is 0 Å². The Morgan fingerprint density at radius 3 is 1.59 bits per heavy atom. The molecule has 0 radical (unpaired) electrons. The van der Waals surface area contributed by atoms with E-state index in [0.29, 0.717) is 0 Å². The van der Waals surface area contributed by atoms with E-state index >= 15 is 0 Å². The molecular weight excluding hydrogens is 775 g/mol. The van der Waals surface area contributed by atoms with Crippen molar-refractivity contribution in [2.45, 2.75) is 0 Å².